The number of benzene rings is 1. The van der Waals surface area contributed by atoms with Crippen LogP contribution >= 0.6 is 0 Å². The third kappa shape index (κ3) is 4.04. The summed E-state index contributed by atoms with van der Waals surface area (Å²) >= 11 is 0. The van der Waals surface area contributed by atoms with E-state index in [2.05, 4.69) is 4.72 Å². The van der Waals surface area contributed by atoms with E-state index in [0.717, 1.165) is 24.6 Å². The van der Waals surface area contributed by atoms with E-state index in [1.807, 2.05) is 6.92 Å². The normalized spacial score (nSPS) is 11.2. The summed E-state index contributed by atoms with van der Waals surface area (Å²) in [6, 6.07) is 2.78. The maximum Gasteiger partial charge on any atom is 0.335 e. The first-order valence-electron chi connectivity index (χ1n) is 5.89. The van der Waals surface area contributed by atoms with E-state index in [4.69, 9.17) is 10.2 Å². The van der Waals surface area contributed by atoms with Gasteiger partial charge in [-0.3, -0.25) is 0 Å². The second kappa shape index (κ2) is 6.49. The fraction of sp³-hybridized carbons (Fsp3) is 0.333. The molecule has 0 bridgehead atoms. The lowest BCUT2D eigenvalue weighted by Crippen LogP contribution is -2.25. The van der Waals surface area contributed by atoms with E-state index in [1.165, 1.54) is 0 Å². The molecule has 8 heteroatoms. The number of hydrogen-bond donors (Lipinski definition) is 3. The summed E-state index contributed by atoms with van der Waals surface area (Å²) in [5.74, 6) is -2.78. The van der Waals surface area contributed by atoms with Crippen LogP contribution in [-0.2, 0) is 10.0 Å². The molecule has 7 nitrogen and oxygen atoms in total. The van der Waals surface area contributed by atoms with Crippen LogP contribution in [0.5, 0.6) is 0 Å². The molecular weight excluding hydrogens is 286 g/mol. The minimum atomic E-state index is -3.92. The summed E-state index contributed by atoms with van der Waals surface area (Å²) < 4.78 is 26.2. The molecule has 0 aliphatic carbocycles. The monoisotopic (exact) mass is 301 g/mol. The third-order valence-corrected chi connectivity index (χ3v) is 3.97. The van der Waals surface area contributed by atoms with Crippen molar-refractivity contribution in [1.29, 1.82) is 0 Å². The van der Waals surface area contributed by atoms with E-state index in [9.17, 15) is 18.0 Å². The zero-order valence-corrected chi connectivity index (χ0v) is 11.6. The maximum atomic E-state index is 12.0. The second-order valence-electron chi connectivity index (χ2n) is 4.11. The SMILES string of the molecule is CCCCNS(=O)(=O)c1cc(C(=O)O)cc(C(=O)O)c1. The lowest BCUT2D eigenvalue weighted by atomic mass is 10.1. The predicted molar refractivity (Wildman–Crippen MR) is 70.5 cm³/mol. The van der Waals surface area contributed by atoms with Gasteiger partial charge < -0.3 is 10.2 Å². The molecule has 110 valence electrons. The molecule has 3 N–H and O–H groups in total. The molecule has 0 aliphatic rings. The number of unbranched alkanes of at least 4 members (excludes halogenated alkanes) is 1. The Morgan fingerprint density at radius 3 is 2.00 bits per heavy atom. The van der Waals surface area contributed by atoms with Gasteiger partial charge in [-0.2, -0.15) is 0 Å². The van der Waals surface area contributed by atoms with Crippen molar-refractivity contribution in [3.8, 4) is 0 Å². The first-order chi connectivity index (χ1) is 9.27. The summed E-state index contributed by atoms with van der Waals surface area (Å²) in [4.78, 5) is 21.4. The Kier molecular flexibility index (Phi) is 5.23. The van der Waals surface area contributed by atoms with Crippen molar-refractivity contribution in [2.45, 2.75) is 24.7 Å². The summed E-state index contributed by atoms with van der Waals surface area (Å²) in [5, 5.41) is 17.8. The van der Waals surface area contributed by atoms with Gasteiger partial charge in [0.15, 0.2) is 0 Å². The molecule has 0 heterocycles. The molecule has 0 fully saturated rings. The molecule has 1 rings (SSSR count). The van der Waals surface area contributed by atoms with Crippen LogP contribution < -0.4 is 4.72 Å². The highest BCUT2D eigenvalue weighted by Crippen LogP contribution is 2.16. The lowest BCUT2D eigenvalue weighted by Gasteiger charge is -2.08. The summed E-state index contributed by atoms with van der Waals surface area (Å²) in [7, 11) is -3.92. The largest absolute Gasteiger partial charge is 0.478 e. The number of hydrogen-bond acceptors (Lipinski definition) is 4. The van der Waals surface area contributed by atoms with Gasteiger partial charge in [0.25, 0.3) is 0 Å². The molecule has 1 aromatic rings. The van der Waals surface area contributed by atoms with Gasteiger partial charge in [-0.1, -0.05) is 13.3 Å². The van der Waals surface area contributed by atoms with Gasteiger partial charge in [-0.25, -0.2) is 22.7 Å². The van der Waals surface area contributed by atoms with E-state index in [-0.39, 0.29) is 22.6 Å². The van der Waals surface area contributed by atoms with Crippen LogP contribution in [-0.4, -0.2) is 37.1 Å². The molecular formula is C12H15NO6S. The predicted octanol–water partition coefficient (Wildman–Crippen LogP) is 1.16. The number of carboxylic acids is 2. The van der Waals surface area contributed by atoms with Gasteiger partial charge in [0.2, 0.25) is 10.0 Å². The highest BCUT2D eigenvalue weighted by Gasteiger charge is 2.19. The van der Waals surface area contributed by atoms with Crippen LogP contribution in [0.3, 0.4) is 0 Å². The molecule has 0 aliphatic heterocycles. The Labute approximate surface area is 116 Å². The van der Waals surface area contributed by atoms with E-state index < -0.39 is 22.0 Å². The standard InChI is InChI=1S/C12H15NO6S/c1-2-3-4-13-20(18,19)10-6-8(11(14)15)5-9(7-10)12(16)17/h5-7,13H,2-4H2,1H3,(H,14,15)(H,16,17). The number of carbonyl (C=O) groups is 2. The molecule has 0 aromatic heterocycles. The van der Waals surface area contributed by atoms with Crippen LogP contribution in [0.1, 0.15) is 40.5 Å². The number of carboxylic acid groups (broad SMARTS) is 2. The van der Waals surface area contributed by atoms with E-state index in [1.54, 1.807) is 0 Å². The first-order valence-corrected chi connectivity index (χ1v) is 7.37. The fourth-order valence-corrected chi connectivity index (χ4v) is 2.61. The number of aromatic carboxylic acids is 2. The Hall–Kier alpha value is -1.93. The van der Waals surface area contributed by atoms with Crippen molar-refractivity contribution in [1.82, 2.24) is 4.72 Å². The van der Waals surface area contributed by atoms with Crippen LogP contribution in [0.15, 0.2) is 23.1 Å². The average Bonchev–Trinajstić information content (AvgIpc) is 2.38. The van der Waals surface area contributed by atoms with Crippen LogP contribution in [0.4, 0.5) is 0 Å². The molecule has 0 spiro atoms. The summed E-state index contributed by atoms with van der Waals surface area (Å²) in [6.07, 6.45) is 1.42. The minimum Gasteiger partial charge on any atom is -0.478 e. The zero-order chi connectivity index (χ0) is 15.3. The quantitative estimate of drug-likeness (QED) is 0.650. The lowest BCUT2D eigenvalue weighted by molar-refractivity contribution is 0.0696. The Bertz CT molecular complexity index is 591. The molecule has 20 heavy (non-hydrogen) atoms. The third-order valence-electron chi connectivity index (χ3n) is 2.53. The zero-order valence-electron chi connectivity index (χ0n) is 10.8. The summed E-state index contributed by atoms with van der Waals surface area (Å²) in [5.41, 5.74) is -0.776. The topological polar surface area (TPSA) is 121 Å². The van der Waals surface area contributed by atoms with E-state index in [0.29, 0.717) is 6.42 Å². The van der Waals surface area contributed by atoms with Crippen molar-refractivity contribution in [2.24, 2.45) is 0 Å². The average molecular weight is 301 g/mol. The number of nitrogens with one attached hydrogen (secondary N) is 1. The van der Waals surface area contributed by atoms with Crippen LogP contribution in [0, 0.1) is 0 Å². The van der Waals surface area contributed by atoms with Gasteiger partial charge in [-0.15, -0.1) is 0 Å². The highest BCUT2D eigenvalue weighted by molar-refractivity contribution is 7.89. The Morgan fingerprint density at radius 1 is 1.10 bits per heavy atom. The number of rotatable bonds is 7. The van der Waals surface area contributed by atoms with Gasteiger partial charge >= 0.3 is 11.9 Å². The molecule has 1 aromatic carbocycles. The van der Waals surface area contributed by atoms with Crippen molar-refractivity contribution >= 4 is 22.0 Å². The molecule has 0 amide bonds. The fourth-order valence-electron chi connectivity index (χ4n) is 1.47. The van der Waals surface area contributed by atoms with Gasteiger partial charge in [-0.05, 0) is 24.6 Å². The van der Waals surface area contributed by atoms with Crippen molar-refractivity contribution < 1.29 is 28.2 Å². The molecule has 0 unspecified atom stereocenters. The second-order valence-corrected chi connectivity index (χ2v) is 5.87. The molecule has 0 saturated carbocycles. The molecule has 0 radical (unpaired) electrons. The van der Waals surface area contributed by atoms with Gasteiger partial charge in [0, 0.05) is 6.54 Å². The first kappa shape index (κ1) is 16.1. The number of sulfonamides is 1. The molecule has 0 saturated heterocycles. The summed E-state index contributed by atoms with van der Waals surface area (Å²) in [6.45, 7) is 2.10. The van der Waals surface area contributed by atoms with Crippen LogP contribution in [0.2, 0.25) is 0 Å². The maximum absolute atomic E-state index is 12.0. The minimum absolute atomic E-state index is 0.207. The van der Waals surface area contributed by atoms with Gasteiger partial charge in [0.05, 0.1) is 16.0 Å². The van der Waals surface area contributed by atoms with Gasteiger partial charge in [0.1, 0.15) is 0 Å². The highest BCUT2D eigenvalue weighted by atomic mass is 32.2. The van der Waals surface area contributed by atoms with Crippen molar-refractivity contribution in [2.75, 3.05) is 6.54 Å². The van der Waals surface area contributed by atoms with Crippen molar-refractivity contribution in [3.63, 3.8) is 0 Å². The Morgan fingerprint density at radius 2 is 1.60 bits per heavy atom. The van der Waals surface area contributed by atoms with Crippen molar-refractivity contribution in [3.05, 3.63) is 29.3 Å². The molecule has 0 atom stereocenters. The smallest absolute Gasteiger partial charge is 0.335 e. The van der Waals surface area contributed by atoms with Crippen LogP contribution in [0.25, 0.3) is 0 Å². The van der Waals surface area contributed by atoms with E-state index >= 15 is 0 Å². The Balaban J connectivity index is 3.22.